The normalized spacial score (nSPS) is 11.9. The molecule has 3 heterocycles. The number of nitrogens with two attached hydrogens (primary N) is 1. The van der Waals surface area contributed by atoms with Crippen molar-refractivity contribution < 1.29 is 9.18 Å². The number of hydrogen-bond donors (Lipinski definition) is 2. The number of imidazole rings is 1. The maximum Gasteiger partial charge on any atom is 0.249 e. The molecule has 0 bridgehead atoms. The number of halogens is 3. The fourth-order valence-electron chi connectivity index (χ4n) is 2.94. The molecule has 0 spiro atoms. The number of pyridine rings is 1. The van der Waals surface area contributed by atoms with Gasteiger partial charge in [0.2, 0.25) is 5.91 Å². The number of carbonyl (C=O) groups is 1. The highest BCUT2D eigenvalue weighted by atomic mass is 127. The first-order chi connectivity index (χ1) is 12.9. The number of carbonyl (C=O) groups excluding carboxylic acids is 1. The summed E-state index contributed by atoms with van der Waals surface area (Å²) in [6.07, 6.45) is 3.77. The van der Waals surface area contributed by atoms with Gasteiger partial charge < -0.3 is 15.5 Å². The Hall–Kier alpha value is -1.78. The van der Waals surface area contributed by atoms with Crippen molar-refractivity contribution in [2.24, 2.45) is 5.73 Å². The predicted molar refractivity (Wildman–Crippen MR) is 117 cm³/mol. The molecule has 0 aliphatic heterocycles. The number of benzene rings is 1. The van der Waals surface area contributed by atoms with E-state index < -0.39 is 11.7 Å². The van der Waals surface area contributed by atoms with Crippen LogP contribution in [0.25, 0.3) is 16.6 Å². The van der Waals surface area contributed by atoms with Crippen molar-refractivity contribution in [2.45, 2.75) is 6.92 Å². The average molecular weight is 561 g/mol. The van der Waals surface area contributed by atoms with Crippen molar-refractivity contribution in [3.8, 4) is 0 Å². The van der Waals surface area contributed by atoms with Gasteiger partial charge in [-0.1, -0.05) is 15.9 Å². The summed E-state index contributed by atoms with van der Waals surface area (Å²) in [5.74, 6) is -0.580. The summed E-state index contributed by atoms with van der Waals surface area (Å²) in [5, 5.41) is 8.25. The lowest BCUT2D eigenvalue weighted by atomic mass is 10.1. The van der Waals surface area contributed by atoms with E-state index in [1.807, 2.05) is 6.07 Å². The topological polar surface area (TPSA) is 90.2 Å². The van der Waals surface area contributed by atoms with Crippen LogP contribution in [0.4, 0.5) is 15.9 Å². The van der Waals surface area contributed by atoms with Gasteiger partial charge in [-0.15, -0.1) is 5.10 Å². The molecule has 0 aliphatic carbocycles. The minimum atomic E-state index is -0.562. The molecule has 3 aromatic heterocycles. The van der Waals surface area contributed by atoms with E-state index in [0.29, 0.717) is 34.5 Å². The number of anilines is 2. The van der Waals surface area contributed by atoms with E-state index in [2.05, 4.69) is 53.4 Å². The average Bonchev–Trinajstić information content (AvgIpc) is 3.14. The first-order valence-corrected chi connectivity index (χ1v) is 12.5. The second-order valence-corrected chi connectivity index (χ2v) is 8.83. The van der Waals surface area contributed by atoms with Crippen LogP contribution in [0.15, 0.2) is 35.1 Å². The van der Waals surface area contributed by atoms with E-state index in [1.54, 1.807) is 34.2 Å². The number of primary amides is 1. The van der Waals surface area contributed by atoms with Crippen molar-refractivity contribution in [3.63, 3.8) is 0 Å². The molecule has 27 heavy (non-hydrogen) atoms. The molecule has 1 unspecified atom stereocenters. The summed E-state index contributed by atoms with van der Waals surface area (Å²) in [6, 6.07) is 4.87. The Morgan fingerprint density at radius 3 is 2.85 bits per heavy atom. The monoisotopic (exact) mass is 560 g/mol. The van der Waals surface area contributed by atoms with E-state index in [1.165, 1.54) is 6.07 Å². The number of nitrogens with zero attached hydrogens (tertiary/aromatic N) is 4. The van der Waals surface area contributed by atoms with Gasteiger partial charge in [0, 0.05) is 22.9 Å². The van der Waals surface area contributed by atoms with Crippen molar-refractivity contribution in [3.05, 3.63) is 52.1 Å². The Balaban J connectivity index is 1.90. The van der Waals surface area contributed by atoms with Crippen molar-refractivity contribution in [1.82, 2.24) is 18.9 Å². The summed E-state index contributed by atoms with van der Waals surface area (Å²) in [5.41, 5.74) is 8.11. The highest BCUT2D eigenvalue weighted by Crippen LogP contribution is 2.37. The number of fused-ring (bicyclic) bond motifs is 2. The largest absolute Gasteiger partial charge is 0.366 e. The second-order valence-electron chi connectivity index (χ2n) is 5.87. The van der Waals surface area contributed by atoms with Crippen LogP contribution in [0, 0.1) is 12.7 Å². The van der Waals surface area contributed by atoms with Crippen LogP contribution in [0.1, 0.15) is 16.1 Å². The molecule has 7 nitrogen and oxygen atoms in total. The Morgan fingerprint density at radius 2 is 2.15 bits per heavy atom. The Bertz CT molecular complexity index is 1220. The molecule has 0 fully saturated rings. The van der Waals surface area contributed by atoms with E-state index in [0.717, 1.165) is 9.99 Å². The van der Waals surface area contributed by atoms with E-state index in [9.17, 15) is 9.18 Å². The third kappa shape index (κ3) is 3.30. The summed E-state index contributed by atoms with van der Waals surface area (Å²) in [7, 11) is 0. The second kappa shape index (κ2) is 6.99. The molecule has 1 amide bonds. The van der Waals surface area contributed by atoms with Crippen LogP contribution in [0.2, 0.25) is 0 Å². The molecule has 4 aromatic rings. The number of aromatic nitrogens is 4. The van der Waals surface area contributed by atoms with Gasteiger partial charge in [0.05, 0.1) is 34.2 Å². The Kier molecular flexibility index (Phi) is 4.81. The van der Waals surface area contributed by atoms with Gasteiger partial charge in [-0.25, -0.2) is 13.8 Å². The van der Waals surface area contributed by atoms with Crippen LogP contribution < -0.4 is 11.1 Å². The number of nitrogens with one attached hydrogen (secondary N) is 1. The minimum Gasteiger partial charge on any atom is -0.366 e. The van der Waals surface area contributed by atoms with Gasteiger partial charge in [0.25, 0.3) is 0 Å². The highest BCUT2D eigenvalue weighted by Gasteiger charge is 2.19. The molecule has 1 aromatic carbocycles. The van der Waals surface area contributed by atoms with E-state index >= 15 is 0 Å². The van der Waals surface area contributed by atoms with Crippen molar-refractivity contribution >= 4 is 78.3 Å². The molecule has 0 saturated heterocycles. The Labute approximate surface area is 176 Å². The smallest absolute Gasteiger partial charge is 0.249 e. The SMILES string of the molecule is Cc1cn2cc(Nc3nn(PI)c4cc(Br)cc(C(N)=O)c34)cc(F)c2n1. The Morgan fingerprint density at radius 1 is 1.37 bits per heavy atom. The summed E-state index contributed by atoms with van der Waals surface area (Å²) in [4.78, 5) is 16.1. The van der Waals surface area contributed by atoms with E-state index in [-0.39, 0.29) is 5.65 Å². The van der Waals surface area contributed by atoms with Gasteiger partial charge >= 0.3 is 0 Å². The van der Waals surface area contributed by atoms with Gasteiger partial charge in [0.1, 0.15) is 0 Å². The van der Waals surface area contributed by atoms with Gasteiger partial charge in [0.15, 0.2) is 17.3 Å². The number of rotatable bonds is 4. The molecule has 0 radical (unpaired) electrons. The molecule has 11 heteroatoms. The molecule has 138 valence electrons. The zero-order valence-electron chi connectivity index (χ0n) is 13.8. The standard InChI is InChI=1S/C16H12BrFIN6OP/c1-7-5-24-6-9(4-11(18)16(24)21-7)22-15-13-10(14(20)26)2-8(17)3-12(13)25(23-15)27-19/h2-6,27H,1H3,(H2,20,26)(H,22,23). The van der Waals surface area contributed by atoms with Gasteiger partial charge in [-0.05, 0) is 41.1 Å². The third-order valence-electron chi connectivity index (χ3n) is 3.98. The molecule has 1 atom stereocenters. The number of amides is 1. The maximum absolute atomic E-state index is 14.4. The van der Waals surface area contributed by atoms with Crippen LogP contribution >= 0.6 is 44.3 Å². The highest BCUT2D eigenvalue weighted by molar-refractivity contribution is 14.2. The molecular weight excluding hydrogens is 549 g/mol. The molecular formula is C16H12BrFIN6OP. The molecule has 4 rings (SSSR count). The van der Waals surface area contributed by atoms with E-state index in [4.69, 9.17) is 5.73 Å². The quantitative estimate of drug-likeness (QED) is 0.283. The molecule has 0 aliphatic rings. The first-order valence-electron chi connectivity index (χ1n) is 7.68. The van der Waals surface area contributed by atoms with Crippen LogP contribution in [-0.4, -0.2) is 24.8 Å². The third-order valence-corrected chi connectivity index (χ3v) is 6.31. The fraction of sp³-hybridized carbons (Fsp3) is 0.0625. The maximum atomic E-state index is 14.4. The van der Waals surface area contributed by atoms with Crippen molar-refractivity contribution in [2.75, 3.05) is 5.32 Å². The summed E-state index contributed by atoms with van der Waals surface area (Å²) in [6.45, 7) is 1.80. The minimum absolute atomic E-state index is 0.254. The fourth-order valence-corrected chi connectivity index (χ4v) is 4.90. The van der Waals surface area contributed by atoms with Crippen LogP contribution in [0.3, 0.4) is 0 Å². The molecule has 0 saturated carbocycles. The van der Waals surface area contributed by atoms with Crippen LogP contribution in [-0.2, 0) is 0 Å². The predicted octanol–water partition coefficient (Wildman–Crippen LogP) is 4.53. The lowest BCUT2D eigenvalue weighted by Gasteiger charge is -2.07. The number of aryl methyl sites for hydroxylation is 1. The first kappa shape index (κ1) is 18.6. The summed E-state index contributed by atoms with van der Waals surface area (Å²) < 4.78 is 18.5. The van der Waals surface area contributed by atoms with Crippen LogP contribution in [0.5, 0.6) is 0 Å². The van der Waals surface area contributed by atoms with Gasteiger partial charge in [-0.3, -0.25) is 4.79 Å². The summed E-state index contributed by atoms with van der Waals surface area (Å²) >= 11 is 5.60. The van der Waals surface area contributed by atoms with Crippen molar-refractivity contribution in [1.29, 1.82) is 0 Å². The lowest BCUT2D eigenvalue weighted by molar-refractivity contribution is 0.100. The zero-order chi connectivity index (χ0) is 19.3. The lowest BCUT2D eigenvalue weighted by Crippen LogP contribution is -2.11. The molecule has 3 N–H and O–H groups in total. The zero-order valence-corrected chi connectivity index (χ0v) is 18.5. The van der Waals surface area contributed by atoms with Gasteiger partial charge in [-0.2, -0.15) is 0 Å². The number of hydrogen-bond acceptors (Lipinski definition) is 4.